The van der Waals surface area contributed by atoms with E-state index in [9.17, 15) is 21.6 Å². The van der Waals surface area contributed by atoms with Crippen LogP contribution in [0.2, 0.25) is 0 Å². The van der Waals surface area contributed by atoms with Gasteiger partial charge >= 0.3 is 0 Å². The Labute approximate surface area is 253 Å². The first-order chi connectivity index (χ1) is 20.9. The van der Waals surface area contributed by atoms with Gasteiger partial charge in [-0.1, -0.05) is 42.8 Å². The van der Waals surface area contributed by atoms with Crippen LogP contribution in [0.4, 0.5) is 4.39 Å². The Morgan fingerprint density at radius 1 is 0.818 bits per heavy atom. The number of nitrogens with zero attached hydrogens (tertiary/aromatic N) is 4. The maximum absolute atomic E-state index is 15.5. The molecule has 0 aliphatic heterocycles. The highest BCUT2D eigenvalue weighted by Gasteiger charge is 2.30. The van der Waals surface area contributed by atoms with Gasteiger partial charge in [-0.2, -0.15) is 5.10 Å². The molecule has 0 saturated carbocycles. The zero-order valence-corrected chi connectivity index (χ0v) is 25.6. The molecular weight excluding hydrogens is 604 g/mol. The van der Waals surface area contributed by atoms with E-state index in [-0.39, 0.29) is 43.3 Å². The van der Waals surface area contributed by atoms with Crippen LogP contribution in [-0.2, 0) is 26.9 Å². The molecule has 0 amide bonds. The quantitative estimate of drug-likeness (QED) is 0.220. The molecule has 0 fully saturated rings. The van der Waals surface area contributed by atoms with Gasteiger partial charge in [0, 0.05) is 29.8 Å². The fraction of sp³-hybridized carbons (Fsp3) is 0.125. The molecular formula is C32H27FN4O5S2. The molecule has 224 valence electrons. The van der Waals surface area contributed by atoms with Gasteiger partial charge in [0.05, 0.1) is 38.8 Å². The molecule has 0 aliphatic rings. The van der Waals surface area contributed by atoms with Crippen molar-refractivity contribution in [1.82, 2.24) is 18.3 Å². The molecule has 6 rings (SSSR count). The second-order valence-electron chi connectivity index (χ2n) is 10.3. The topological polar surface area (TPSA) is 113 Å². The number of fused-ring (bicyclic) bond motifs is 1. The predicted octanol–water partition coefficient (Wildman–Crippen LogP) is 5.34. The van der Waals surface area contributed by atoms with E-state index in [0.717, 1.165) is 20.2 Å². The van der Waals surface area contributed by atoms with Gasteiger partial charge in [0.25, 0.3) is 15.6 Å². The summed E-state index contributed by atoms with van der Waals surface area (Å²) in [6.45, 7) is 3.32. The summed E-state index contributed by atoms with van der Waals surface area (Å²) in [7, 11) is -6.68. The maximum atomic E-state index is 15.5. The normalized spacial score (nSPS) is 12.2. The predicted molar refractivity (Wildman–Crippen MR) is 167 cm³/mol. The van der Waals surface area contributed by atoms with E-state index < -0.39 is 31.2 Å². The van der Waals surface area contributed by atoms with Crippen molar-refractivity contribution < 1.29 is 21.2 Å². The van der Waals surface area contributed by atoms with Gasteiger partial charge < -0.3 is 4.57 Å². The van der Waals surface area contributed by atoms with E-state index in [1.54, 1.807) is 35.0 Å². The van der Waals surface area contributed by atoms with Gasteiger partial charge in [0.2, 0.25) is 0 Å². The lowest BCUT2D eigenvalue weighted by molar-refractivity contribution is 0.588. The highest BCUT2D eigenvalue weighted by Crippen LogP contribution is 2.38. The molecule has 0 saturated heterocycles. The summed E-state index contributed by atoms with van der Waals surface area (Å²) >= 11 is 0. The van der Waals surface area contributed by atoms with Gasteiger partial charge in [-0.15, -0.1) is 0 Å². The van der Waals surface area contributed by atoms with Crippen molar-refractivity contribution in [1.29, 1.82) is 0 Å². The first kappa shape index (κ1) is 29.3. The van der Waals surface area contributed by atoms with E-state index in [4.69, 9.17) is 0 Å². The molecule has 0 atom stereocenters. The molecule has 0 radical (unpaired) electrons. The Hall–Kier alpha value is -4.81. The lowest BCUT2D eigenvalue weighted by Crippen LogP contribution is -2.23. The molecule has 0 aliphatic carbocycles. The minimum absolute atomic E-state index is 0.0534. The van der Waals surface area contributed by atoms with E-state index in [1.165, 1.54) is 56.7 Å². The summed E-state index contributed by atoms with van der Waals surface area (Å²) in [6, 6.07) is 21.9. The van der Waals surface area contributed by atoms with Crippen LogP contribution in [0.5, 0.6) is 0 Å². The van der Waals surface area contributed by atoms with Gasteiger partial charge in [-0.05, 0) is 61.5 Å². The van der Waals surface area contributed by atoms with Crippen molar-refractivity contribution in [3.05, 3.63) is 119 Å². The van der Waals surface area contributed by atoms with Crippen LogP contribution in [0.3, 0.4) is 0 Å². The highest BCUT2D eigenvalue weighted by atomic mass is 32.2. The fourth-order valence-electron chi connectivity index (χ4n) is 5.19. The highest BCUT2D eigenvalue weighted by molar-refractivity contribution is 7.91. The average Bonchev–Trinajstić information content (AvgIpc) is 3.66. The molecule has 3 heterocycles. The van der Waals surface area contributed by atoms with E-state index >= 15 is 4.39 Å². The minimum Gasteiger partial charge on any atom is -0.316 e. The number of hydrogen-bond acceptors (Lipinski definition) is 6. The van der Waals surface area contributed by atoms with E-state index in [0.29, 0.717) is 11.4 Å². The standard InChI is InChI=1S/C32H27FN4O5S2/c1-4-43(39,40)24-14-15-28(33)25(18-24)27-20-35(3)32(38)31-26(27)19-30(29-16-17-34-36(29)22-8-6-5-7-9-22)37(31)44(41,42)23-12-10-21(2)11-13-23/h5-20H,4H2,1-3H3. The summed E-state index contributed by atoms with van der Waals surface area (Å²) in [6.07, 6.45) is 2.90. The third-order valence-corrected chi connectivity index (χ3v) is 11.0. The molecule has 9 nitrogen and oxygen atoms in total. The summed E-state index contributed by atoms with van der Waals surface area (Å²) in [5.74, 6) is -0.926. The Kier molecular flexibility index (Phi) is 7.13. The summed E-state index contributed by atoms with van der Waals surface area (Å²) < 4.78 is 73.4. The number of aryl methyl sites for hydroxylation is 2. The van der Waals surface area contributed by atoms with Crippen molar-refractivity contribution in [2.75, 3.05) is 5.75 Å². The Bertz CT molecular complexity index is 2340. The molecule has 0 unspecified atom stereocenters. The van der Waals surface area contributed by atoms with Gasteiger partial charge in [-0.3, -0.25) is 4.79 Å². The van der Waals surface area contributed by atoms with Crippen molar-refractivity contribution in [3.63, 3.8) is 0 Å². The van der Waals surface area contributed by atoms with E-state index in [1.807, 2.05) is 25.1 Å². The lowest BCUT2D eigenvalue weighted by Gasteiger charge is -2.14. The molecule has 44 heavy (non-hydrogen) atoms. The molecule has 0 N–H and O–H groups in total. The van der Waals surface area contributed by atoms with Crippen LogP contribution in [0, 0.1) is 12.7 Å². The number of rotatable bonds is 7. The number of benzene rings is 3. The first-order valence-electron chi connectivity index (χ1n) is 13.6. The summed E-state index contributed by atoms with van der Waals surface area (Å²) in [5, 5.41) is 4.55. The van der Waals surface area contributed by atoms with Crippen molar-refractivity contribution >= 4 is 30.8 Å². The van der Waals surface area contributed by atoms with Crippen LogP contribution >= 0.6 is 0 Å². The second kappa shape index (κ2) is 10.7. The number of halogens is 1. The number of aromatic nitrogens is 4. The minimum atomic E-state index is -4.41. The molecule has 0 bridgehead atoms. The molecule has 3 aromatic carbocycles. The Balaban J connectivity index is 1.76. The monoisotopic (exact) mass is 630 g/mol. The zero-order chi connectivity index (χ0) is 31.4. The molecule has 6 aromatic rings. The van der Waals surface area contributed by atoms with Crippen molar-refractivity contribution in [3.8, 4) is 28.2 Å². The third-order valence-electron chi connectivity index (χ3n) is 7.53. The van der Waals surface area contributed by atoms with Gasteiger partial charge in [0.15, 0.2) is 9.84 Å². The van der Waals surface area contributed by atoms with Gasteiger partial charge in [-0.25, -0.2) is 29.9 Å². The molecule has 3 aromatic heterocycles. The average molecular weight is 631 g/mol. The number of pyridine rings is 1. The zero-order valence-electron chi connectivity index (χ0n) is 24.0. The lowest BCUT2D eigenvalue weighted by atomic mass is 10.0. The molecule has 12 heteroatoms. The summed E-state index contributed by atoms with van der Waals surface area (Å²) in [4.78, 5) is 13.7. The number of para-hydroxylation sites is 1. The number of sulfone groups is 1. The van der Waals surface area contributed by atoms with Crippen molar-refractivity contribution in [2.45, 2.75) is 23.6 Å². The van der Waals surface area contributed by atoms with Crippen LogP contribution in [0.25, 0.3) is 39.1 Å². The first-order valence-corrected chi connectivity index (χ1v) is 16.7. The van der Waals surface area contributed by atoms with Crippen LogP contribution < -0.4 is 5.56 Å². The van der Waals surface area contributed by atoms with Crippen LogP contribution in [0.1, 0.15) is 12.5 Å². The van der Waals surface area contributed by atoms with Crippen LogP contribution in [-0.4, -0.2) is 40.9 Å². The van der Waals surface area contributed by atoms with Crippen LogP contribution in [0.15, 0.2) is 112 Å². The van der Waals surface area contributed by atoms with Gasteiger partial charge in [0.1, 0.15) is 11.3 Å². The number of hydrogen-bond donors (Lipinski definition) is 0. The molecule has 0 spiro atoms. The summed E-state index contributed by atoms with van der Waals surface area (Å²) in [5.41, 5.74) is 1.17. The Morgan fingerprint density at radius 3 is 2.18 bits per heavy atom. The van der Waals surface area contributed by atoms with Crippen molar-refractivity contribution in [2.24, 2.45) is 7.05 Å². The fourth-order valence-corrected chi connectivity index (χ4v) is 7.61. The largest absolute Gasteiger partial charge is 0.316 e. The SMILES string of the molecule is CCS(=O)(=O)c1ccc(F)c(-c2cn(C)c(=O)c3c2cc(-c2ccnn2-c2ccccc2)n3S(=O)(=O)c2ccc(C)cc2)c1. The maximum Gasteiger partial charge on any atom is 0.275 e. The Morgan fingerprint density at radius 2 is 1.50 bits per heavy atom. The van der Waals surface area contributed by atoms with E-state index in [2.05, 4.69) is 5.10 Å². The second-order valence-corrected chi connectivity index (χ2v) is 14.4. The smallest absolute Gasteiger partial charge is 0.275 e. The third kappa shape index (κ3) is 4.76.